The van der Waals surface area contributed by atoms with Gasteiger partial charge in [-0.25, -0.2) is 13.1 Å². The van der Waals surface area contributed by atoms with Crippen LogP contribution in [0.1, 0.15) is 11.3 Å². The Kier molecular flexibility index (Phi) is 3.74. The Bertz CT molecular complexity index is 747. The molecule has 102 valence electrons. The van der Waals surface area contributed by atoms with Crippen LogP contribution in [-0.4, -0.2) is 13.4 Å². The zero-order chi connectivity index (χ0) is 14.0. The molecule has 2 aromatic rings. The van der Waals surface area contributed by atoms with E-state index in [2.05, 4.69) is 9.71 Å². The number of H-pyrrole nitrogens is 1. The quantitative estimate of drug-likeness (QED) is 0.726. The number of hydrogen-bond acceptors (Lipinski definition) is 5. The average molecular weight is 299 g/mol. The van der Waals surface area contributed by atoms with Crippen molar-refractivity contribution in [2.24, 2.45) is 0 Å². The second kappa shape index (κ2) is 5.16. The van der Waals surface area contributed by atoms with E-state index in [-0.39, 0.29) is 16.3 Å². The second-order valence-electron chi connectivity index (χ2n) is 4.02. The van der Waals surface area contributed by atoms with Crippen LogP contribution in [0.3, 0.4) is 0 Å². The minimum atomic E-state index is -3.62. The summed E-state index contributed by atoms with van der Waals surface area (Å²) >= 11 is 0.993. The topological polar surface area (TPSA) is 105 Å². The van der Waals surface area contributed by atoms with Crippen LogP contribution >= 0.6 is 11.3 Å². The molecule has 1 aromatic heterocycles. The fourth-order valence-corrected chi connectivity index (χ4v) is 3.44. The fourth-order valence-electron chi connectivity index (χ4n) is 1.63. The molecule has 0 atom stereocenters. The number of aryl methyl sites for hydroxylation is 1. The predicted molar refractivity (Wildman–Crippen MR) is 74.6 cm³/mol. The van der Waals surface area contributed by atoms with Gasteiger partial charge in [-0.3, -0.25) is 4.79 Å². The molecular weight excluding hydrogens is 286 g/mol. The molecule has 0 amide bonds. The van der Waals surface area contributed by atoms with Gasteiger partial charge in [-0.1, -0.05) is 11.3 Å². The molecule has 2 rings (SSSR count). The van der Waals surface area contributed by atoms with Crippen LogP contribution in [0.5, 0.6) is 0 Å². The molecule has 8 heteroatoms. The van der Waals surface area contributed by atoms with Gasteiger partial charge in [-0.15, -0.1) is 0 Å². The molecule has 0 aliphatic carbocycles. The number of aromatic amines is 1. The summed E-state index contributed by atoms with van der Waals surface area (Å²) in [6.07, 6.45) is 0. The van der Waals surface area contributed by atoms with E-state index in [9.17, 15) is 13.2 Å². The summed E-state index contributed by atoms with van der Waals surface area (Å²) in [4.78, 5) is 13.5. The van der Waals surface area contributed by atoms with Gasteiger partial charge < -0.3 is 10.7 Å². The fraction of sp³-hybridized carbons (Fsp3) is 0.182. The largest absolute Gasteiger partial charge is 0.399 e. The van der Waals surface area contributed by atoms with Crippen molar-refractivity contribution in [1.29, 1.82) is 0 Å². The van der Waals surface area contributed by atoms with E-state index in [0.717, 1.165) is 11.3 Å². The van der Waals surface area contributed by atoms with Crippen molar-refractivity contribution >= 4 is 27.0 Å². The summed E-state index contributed by atoms with van der Waals surface area (Å²) in [6.45, 7) is 1.72. The number of thiazole rings is 1. The molecular formula is C11H13N3O3S2. The number of hydrogen-bond donors (Lipinski definition) is 3. The van der Waals surface area contributed by atoms with E-state index in [0.29, 0.717) is 16.9 Å². The van der Waals surface area contributed by atoms with Crippen molar-refractivity contribution in [3.05, 3.63) is 44.5 Å². The van der Waals surface area contributed by atoms with Crippen LogP contribution in [0, 0.1) is 6.92 Å². The van der Waals surface area contributed by atoms with Gasteiger partial charge in [0, 0.05) is 16.8 Å². The third-order valence-corrected chi connectivity index (χ3v) is 4.79. The van der Waals surface area contributed by atoms with E-state index in [1.54, 1.807) is 18.4 Å². The Morgan fingerprint density at radius 1 is 1.42 bits per heavy atom. The first-order valence-corrected chi connectivity index (χ1v) is 7.77. The van der Waals surface area contributed by atoms with Gasteiger partial charge in [0.2, 0.25) is 10.0 Å². The second-order valence-corrected chi connectivity index (χ2v) is 6.60. The van der Waals surface area contributed by atoms with Crippen molar-refractivity contribution in [3.63, 3.8) is 0 Å². The number of nitrogens with two attached hydrogens (primary N) is 1. The molecule has 6 nitrogen and oxygen atoms in total. The number of nitrogen functional groups attached to an aromatic ring is 1. The normalized spacial score (nSPS) is 11.6. The summed E-state index contributed by atoms with van der Waals surface area (Å²) in [5.41, 5.74) is 7.21. The highest BCUT2D eigenvalue weighted by molar-refractivity contribution is 7.89. The summed E-state index contributed by atoms with van der Waals surface area (Å²) in [5, 5.41) is 1.58. The molecule has 0 bridgehead atoms. The molecule has 0 spiro atoms. The molecule has 0 radical (unpaired) electrons. The first kappa shape index (κ1) is 13.8. The number of anilines is 1. The standard InChI is InChI=1S/C11H13N3O3S2/c1-7-4-8(12)2-3-10(7)19(16,17)13-5-9-6-18-11(15)14-9/h2-4,6,13H,5,12H2,1H3,(H,14,15). The van der Waals surface area contributed by atoms with Crippen molar-refractivity contribution in [3.8, 4) is 0 Å². The highest BCUT2D eigenvalue weighted by Crippen LogP contribution is 2.17. The maximum Gasteiger partial charge on any atom is 0.304 e. The Morgan fingerprint density at radius 2 is 2.16 bits per heavy atom. The number of aromatic nitrogens is 1. The first-order chi connectivity index (χ1) is 8.88. The van der Waals surface area contributed by atoms with Gasteiger partial charge in [0.1, 0.15) is 0 Å². The van der Waals surface area contributed by atoms with E-state index in [1.165, 1.54) is 12.1 Å². The lowest BCUT2D eigenvalue weighted by atomic mass is 10.2. The zero-order valence-electron chi connectivity index (χ0n) is 10.1. The minimum absolute atomic E-state index is 0.0465. The van der Waals surface area contributed by atoms with Gasteiger partial charge in [-0.05, 0) is 30.7 Å². The monoisotopic (exact) mass is 299 g/mol. The number of rotatable bonds is 4. The Morgan fingerprint density at radius 3 is 2.74 bits per heavy atom. The van der Waals surface area contributed by atoms with Crippen LogP contribution in [0.25, 0.3) is 0 Å². The van der Waals surface area contributed by atoms with E-state index in [1.807, 2.05) is 0 Å². The summed E-state index contributed by atoms with van der Waals surface area (Å²) in [7, 11) is -3.62. The molecule has 0 fully saturated rings. The maximum atomic E-state index is 12.1. The van der Waals surface area contributed by atoms with E-state index >= 15 is 0 Å². The van der Waals surface area contributed by atoms with Gasteiger partial charge in [-0.2, -0.15) is 0 Å². The SMILES string of the molecule is Cc1cc(N)ccc1S(=O)(=O)NCc1csc(=O)[nH]1. The van der Waals surface area contributed by atoms with Gasteiger partial charge >= 0.3 is 4.87 Å². The number of benzene rings is 1. The van der Waals surface area contributed by atoms with E-state index < -0.39 is 10.0 Å². The smallest absolute Gasteiger partial charge is 0.304 e. The van der Waals surface area contributed by atoms with Crippen LogP contribution in [0.4, 0.5) is 5.69 Å². The maximum absolute atomic E-state index is 12.1. The van der Waals surface area contributed by atoms with Crippen LogP contribution < -0.4 is 15.3 Å². The van der Waals surface area contributed by atoms with Gasteiger partial charge in [0.15, 0.2) is 0 Å². The zero-order valence-corrected chi connectivity index (χ0v) is 11.8. The van der Waals surface area contributed by atoms with Gasteiger partial charge in [0.05, 0.1) is 11.4 Å². The molecule has 4 N–H and O–H groups in total. The van der Waals surface area contributed by atoms with Crippen molar-refractivity contribution in [2.45, 2.75) is 18.4 Å². The first-order valence-electron chi connectivity index (χ1n) is 5.41. The van der Waals surface area contributed by atoms with Gasteiger partial charge in [0.25, 0.3) is 0 Å². The lowest BCUT2D eigenvalue weighted by Gasteiger charge is -2.09. The molecule has 0 aliphatic heterocycles. The molecule has 0 aliphatic rings. The summed E-state index contributed by atoms with van der Waals surface area (Å²) in [6, 6.07) is 4.60. The van der Waals surface area contributed by atoms with Crippen LogP contribution in [-0.2, 0) is 16.6 Å². The Hall–Kier alpha value is -1.64. The van der Waals surface area contributed by atoms with Crippen molar-refractivity contribution < 1.29 is 8.42 Å². The lowest BCUT2D eigenvalue weighted by Crippen LogP contribution is -2.24. The molecule has 0 saturated heterocycles. The third-order valence-electron chi connectivity index (χ3n) is 2.51. The molecule has 0 saturated carbocycles. The highest BCUT2D eigenvalue weighted by Gasteiger charge is 2.16. The van der Waals surface area contributed by atoms with Crippen LogP contribution in [0.2, 0.25) is 0 Å². The Labute approximate surface area is 114 Å². The van der Waals surface area contributed by atoms with Crippen LogP contribution in [0.15, 0.2) is 33.3 Å². The molecule has 19 heavy (non-hydrogen) atoms. The number of nitrogens with one attached hydrogen (secondary N) is 2. The summed E-state index contributed by atoms with van der Waals surface area (Å²) < 4.78 is 26.6. The molecule has 1 aromatic carbocycles. The average Bonchev–Trinajstić information content (AvgIpc) is 2.72. The van der Waals surface area contributed by atoms with Crippen molar-refractivity contribution in [1.82, 2.24) is 9.71 Å². The lowest BCUT2D eigenvalue weighted by molar-refractivity contribution is 0.580. The number of sulfonamides is 1. The Balaban J connectivity index is 2.20. The molecule has 0 unspecified atom stereocenters. The summed E-state index contributed by atoms with van der Waals surface area (Å²) in [5.74, 6) is 0. The molecule has 1 heterocycles. The van der Waals surface area contributed by atoms with E-state index in [4.69, 9.17) is 5.73 Å². The van der Waals surface area contributed by atoms with Crippen molar-refractivity contribution in [2.75, 3.05) is 5.73 Å². The minimum Gasteiger partial charge on any atom is -0.399 e. The predicted octanol–water partition coefficient (Wildman–Crippen LogP) is 0.806. The highest BCUT2D eigenvalue weighted by atomic mass is 32.2. The third kappa shape index (κ3) is 3.22.